The maximum Gasteiger partial charge on any atom is 0.0555 e. The van der Waals surface area contributed by atoms with Crippen LogP contribution in [0.1, 0.15) is 0 Å². The molecule has 0 aliphatic rings. The Bertz CT molecular complexity index is 2730. The molecule has 10 rings (SSSR count). The second-order valence-electron chi connectivity index (χ2n) is 11.8. The molecule has 0 aliphatic carbocycles. The molecule has 3 heteroatoms. The van der Waals surface area contributed by atoms with E-state index in [-0.39, 0.29) is 0 Å². The van der Waals surface area contributed by atoms with Gasteiger partial charge in [0.15, 0.2) is 0 Å². The number of thiophene rings is 1. The fraction of sp³-hybridized carbons (Fsp3) is 0. The molecule has 0 aliphatic heterocycles. The summed E-state index contributed by atoms with van der Waals surface area (Å²) in [6, 6.07) is 57.4. The van der Waals surface area contributed by atoms with Crippen molar-refractivity contribution in [3.8, 4) is 22.5 Å². The summed E-state index contributed by atoms with van der Waals surface area (Å²) in [5, 5.41) is 7.85. The molecule has 7 aromatic carbocycles. The summed E-state index contributed by atoms with van der Waals surface area (Å²) in [7, 11) is 0. The maximum absolute atomic E-state index is 2.43. The molecule has 0 spiro atoms. The van der Waals surface area contributed by atoms with Crippen molar-refractivity contribution in [1.82, 2.24) is 9.13 Å². The minimum Gasteiger partial charge on any atom is -0.309 e. The molecule has 0 bridgehead atoms. The predicted molar refractivity (Wildman–Crippen MR) is 193 cm³/mol. The Morgan fingerprint density at radius 2 is 0.956 bits per heavy atom. The van der Waals surface area contributed by atoms with Crippen molar-refractivity contribution in [3.63, 3.8) is 0 Å². The first-order valence-electron chi connectivity index (χ1n) is 15.4. The fourth-order valence-corrected chi connectivity index (χ4v) is 8.59. The van der Waals surface area contributed by atoms with Crippen LogP contribution < -0.4 is 0 Å². The highest BCUT2D eigenvalue weighted by molar-refractivity contribution is 7.26. The minimum absolute atomic E-state index is 1.18. The van der Waals surface area contributed by atoms with Gasteiger partial charge < -0.3 is 9.13 Å². The molecule has 0 N–H and O–H groups in total. The van der Waals surface area contributed by atoms with E-state index >= 15 is 0 Å². The molecule has 0 amide bonds. The van der Waals surface area contributed by atoms with Gasteiger partial charge in [0.05, 0.1) is 22.1 Å². The smallest absolute Gasteiger partial charge is 0.0555 e. The van der Waals surface area contributed by atoms with E-state index in [1.54, 1.807) is 0 Å². The SMILES string of the molecule is c1ccc(-c2ccc(-n3c4ccccc4c4cc5c(cc43)sc3c5ccc4c3c3ccccc3n4-c3ccccc3)cc2)cc1. The Morgan fingerprint density at radius 3 is 1.73 bits per heavy atom. The summed E-state index contributed by atoms with van der Waals surface area (Å²) < 4.78 is 7.50. The van der Waals surface area contributed by atoms with Crippen molar-refractivity contribution in [2.45, 2.75) is 0 Å². The van der Waals surface area contributed by atoms with Gasteiger partial charge in [-0.1, -0.05) is 103 Å². The van der Waals surface area contributed by atoms with Gasteiger partial charge in [0, 0.05) is 53.1 Å². The molecule has 45 heavy (non-hydrogen) atoms. The quantitative estimate of drug-likeness (QED) is 0.194. The number of fused-ring (bicyclic) bond motifs is 10. The molecule has 0 saturated carbocycles. The average molecular weight is 591 g/mol. The van der Waals surface area contributed by atoms with Crippen LogP contribution in [0.15, 0.2) is 158 Å². The van der Waals surface area contributed by atoms with Crippen molar-refractivity contribution in [1.29, 1.82) is 0 Å². The van der Waals surface area contributed by atoms with E-state index in [0.29, 0.717) is 0 Å². The summed E-state index contributed by atoms with van der Waals surface area (Å²) in [4.78, 5) is 0. The lowest BCUT2D eigenvalue weighted by molar-refractivity contribution is 1.18. The van der Waals surface area contributed by atoms with Gasteiger partial charge in [0.1, 0.15) is 0 Å². The van der Waals surface area contributed by atoms with Gasteiger partial charge in [-0.05, 0) is 65.7 Å². The molecule has 0 saturated heterocycles. The van der Waals surface area contributed by atoms with Crippen LogP contribution in [0.5, 0.6) is 0 Å². The van der Waals surface area contributed by atoms with E-state index < -0.39 is 0 Å². The van der Waals surface area contributed by atoms with Crippen LogP contribution in [0, 0.1) is 0 Å². The van der Waals surface area contributed by atoms with Crippen LogP contribution in [0.25, 0.3) is 86.3 Å². The van der Waals surface area contributed by atoms with E-state index in [1.807, 2.05) is 11.3 Å². The monoisotopic (exact) mass is 590 g/mol. The van der Waals surface area contributed by atoms with Gasteiger partial charge in [-0.15, -0.1) is 11.3 Å². The molecule has 10 aromatic rings. The Hall–Kier alpha value is -5.64. The van der Waals surface area contributed by atoms with Crippen molar-refractivity contribution < 1.29 is 0 Å². The van der Waals surface area contributed by atoms with Crippen LogP contribution in [0.2, 0.25) is 0 Å². The fourth-order valence-electron chi connectivity index (χ4n) is 7.31. The Morgan fingerprint density at radius 1 is 0.356 bits per heavy atom. The lowest BCUT2D eigenvalue weighted by Crippen LogP contribution is -1.93. The van der Waals surface area contributed by atoms with Crippen LogP contribution >= 0.6 is 11.3 Å². The highest BCUT2D eigenvalue weighted by Gasteiger charge is 2.19. The molecular weight excluding hydrogens is 565 g/mol. The predicted octanol–water partition coefficient (Wildman–Crippen LogP) is 11.9. The molecule has 0 radical (unpaired) electrons. The second kappa shape index (κ2) is 9.43. The Labute approximate surface area is 263 Å². The highest BCUT2D eigenvalue weighted by Crippen LogP contribution is 2.45. The third kappa shape index (κ3) is 3.56. The topological polar surface area (TPSA) is 9.86 Å². The Kier molecular flexibility index (Phi) is 5.19. The molecule has 0 unspecified atom stereocenters. The largest absolute Gasteiger partial charge is 0.309 e. The normalized spacial score (nSPS) is 12.0. The highest BCUT2D eigenvalue weighted by atomic mass is 32.1. The van der Waals surface area contributed by atoms with Crippen LogP contribution in [0.3, 0.4) is 0 Å². The standard InChI is InChI=1S/C42H26N2S/c1-3-11-27(12-4-1)28-19-21-30(22-20-28)44-36-17-9-7-15-31(36)34-25-35-32-23-24-38-41(42(32)45-40(35)26-39(34)44)33-16-8-10-18-37(33)43(38)29-13-5-2-6-14-29/h1-26H. The summed E-state index contributed by atoms with van der Waals surface area (Å²) in [5.41, 5.74) is 9.79. The number of rotatable bonds is 3. The van der Waals surface area contributed by atoms with Crippen LogP contribution in [0.4, 0.5) is 0 Å². The number of hydrogen-bond acceptors (Lipinski definition) is 1. The maximum atomic E-state index is 2.43. The van der Waals surface area contributed by atoms with Gasteiger partial charge in [-0.2, -0.15) is 0 Å². The van der Waals surface area contributed by atoms with Crippen molar-refractivity contribution in [2.75, 3.05) is 0 Å². The van der Waals surface area contributed by atoms with Gasteiger partial charge in [0.2, 0.25) is 0 Å². The van der Waals surface area contributed by atoms with E-state index in [2.05, 4.69) is 167 Å². The van der Waals surface area contributed by atoms with Gasteiger partial charge in [-0.3, -0.25) is 0 Å². The molecule has 0 atom stereocenters. The lowest BCUT2D eigenvalue weighted by atomic mass is 10.1. The zero-order valence-corrected chi connectivity index (χ0v) is 25.1. The molecular formula is C42H26N2S. The van der Waals surface area contributed by atoms with E-state index in [1.165, 1.54) is 86.3 Å². The molecule has 2 nitrogen and oxygen atoms in total. The van der Waals surface area contributed by atoms with E-state index in [4.69, 9.17) is 0 Å². The number of nitrogens with zero attached hydrogens (tertiary/aromatic N) is 2. The number of hydrogen-bond donors (Lipinski definition) is 0. The second-order valence-corrected chi connectivity index (χ2v) is 12.8. The van der Waals surface area contributed by atoms with Gasteiger partial charge >= 0.3 is 0 Å². The van der Waals surface area contributed by atoms with Gasteiger partial charge in [-0.25, -0.2) is 0 Å². The third-order valence-corrected chi connectivity index (χ3v) is 10.5. The zero-order valence-electron chi connectivity index (χ0n) is 24.3. The summed E-state index contributed by atoms with van der Waals surface area (Å²) in [6.45, 7) is 0. The average Bonchev–Trinajstić information content (AvgIpc) is 3.75. The molecule has 0 fully saturated rings. The zero-order chi connectivity index (χ0) is 29.5. The first-order valence-corrected chi connectivity index (χ1v) is 16.2. The van der Waals surface area contributed by atoms with Crippen molar-refractivity contribution in [3.05, 3.63) is 158 Å². The minimum atomic E-state index is 1.18. The number of benzene rings is 7. The Balaban J connectivity index is 1.25. The first kappa shape index (κ1) is 24.8. The summed E-state index contributed by atoms with van der Waals surface area (Å²) >= 11 is 1.92. The first-order chi connectivity index (χ1) is 22.3. The summed E-state index contributed by atoms with van der Waals surface area (Å²) in [6.07, 6.45) is 0. The molecule has 3 aromatic heterocycles. The summed E-state index contributed by atoms with van der Waals surface area (Å²) in [5.74, 6) is 0. The van der Waals surface area contributed by atoms with E-state index in [0.717, 1.165) is 0 Å². The van der Waals surface area contributed by atoms with Crippen LogP contribution in [-0.2, 0) is 0 Å². The molecule has 210 valence electrons. The van der Waals surface area contributed by atoms with Gasteiger partial charge in [0.25, 0.3) is 0 Å². The number of aromatic nitrogens is 2. The molecule has 3 heterocycles. The lowest BCUT2D eigenvalue weighted by Gasteiger charge is -2.09. The third-order valence-electron chi connectivity index (χ3n) is 9.31. The van der Waals surface area contributed by atoms with Crippen molar-refractivity contribution >= 4 is 75.1 Å². The number of para-hydroxylation sites is 3. The van der Waals surface area contributed by atoms with E-state index in [9.17, 15) is 0 Å². The van der Waals surface area contributed by atoms with Crippen molar-refractivity contribution in [2.24, 2.45) is 0 Å². The van der Waals surface area contributed by atoms with Crippen LogP contribution in [-0.4, -0.2) is 9.13 Å².